The van der Waals surface area contributed by atoms with Gasteiger partial charge in [-0.1, -0.05) is 11.6 Å². The summed E-state index contributed by atoms with van der Waals surface area (Å²) in [6.07, 6.45) is 1.60. The molecule has 0 spiro atoms. The van der Waals surface area contributed by atoms with Crippen LogP contribution in [-0.4, -0.2) is 46.1 Å². The topological polar surface area (TPSA) is 72.3 Å². The van der Waals surface area contributed by atoms with Crippen LogP contribution in [0.15, 0.2) is 24.3 Å². The zero-order chi connectivity index (χ0) is 20.3. The Hall–Kier alpha value is -2.28. The van der Waals surface area contributed by atoms with Gasteiger partial charge in [-0.2, -0.15) is 0 Å². The van der Waals surface area contributed by atoms with Crippen molar-refractivity contribution in [3.8, 4) is 5.69 Å². The average molecular weight is 406 g/mol. The Balaban J connectivity index is 1.59. The monoisotopic (exact) mass is 405 g/mol. The third kappa shape index (κ3) is 5.16. The first-order valence-electron chi connectivity index (χ1n) is 9.63. The Labute approximate surface area is 171 Å². The molecule has 0 saturated carbocycles. The number of rotatable bonds is 4. The largest absolute Gasteiger partial charge is 0.444 e. The Bertz CT molecular complexity index is 805. The van der Waals surface area contributed by atoms with Crippen molar-refractivity contribution >= 4 is 23.6 Å². The van der Waals surface area contributed by atoms with Gasteiger partial charge in [0.15, 0.2) is 0 Å². The number of hydrogen-bond donors (Lipinski definition) is 1. The van der Waals surface area contributed by atoms with E-state index in [2.05, 4.69) is 25.0 Å². The van der Waals surface area contributed by atoms with Gasteiger partial charge >= 0.3 is 6.09 Å². The molecule has 1 fully saturated rings. The summed E-state index contributed by atoms with van der Waals surface area (Å²) < 4.78 is 7.35. The molecule has 3 rings (SSSR count). The molecular formula is C20H28ClN5O2. The number of carbonyl (C=O) groups is 1. The molecule has 0 aliphatic carbocycles. The second-order valence-corrected chi connectivity index (χ2v) is 8.61. The highest BCUT2D eigenvalue weighted by atomic mass is 35.5. The zero-order valence-corrected chi connectivity index (χ0v) is 17.7. The van der Waals surface area contributed by atoms with Crippen LogP contribution in [0.2, 0.25) is 5.02 Å². The predicted octanol–water partition coefficient (Wildman–Crippen LogP) is 3.97. The second kappa shape index (κ2) is 8.39. The highest BCUT2D eigenvalue weighted by Crippen LogP contribution is 2.26. The molecule has 1 aromatic carbocycles. The molecule has 7 nitrogen and oxygen atoms in total. The molecule has 8 heteroatoms. The molecular weight excluding hydrogens is 378 g/mol. The van der Waals surface area contributed by atoms with Gasteiger partial charge in [0.1, 0.15) is 11.4 Å². The Morgan fingerprint density at radius 3 is 2.46 bits per heavy atom. The minimum Gasteiger partial charge on any atom is -0.444 e. The predicted molar refractivity (Wildman–Crippen MR) is 110 cm³/mol. The highest BCUT2D eigenvalue weighted by molar-refractivity contribution is 6.30. The van der Waals surface area contributed by atoms with E-state index in [4.69, 9.17) is 16.3 Å². The van der Waals surface area contributed by atoms with E-state index < -0.39 is 5.60 Å². The maximum atomic E-state index is 11.8. The fraction of sp³-hybridized carbons (Fsp3) is 0.550. The number of carbonyl (C=O) groups excluding carboxylic acids is 1. The number of ether oxygens (including phenoxy) is 1. The van der Waals surface area contributed by atoms with Crippen LogP contribution in [0.4, 0.5) is 10.7 Å². The minimum absolute atomic E-state index is 0.354. The molecule has 0 unspecified atom stereocenters. The molecule has 28 heavy (non-hydrogen) atoms. The lowest BCUT2D eigenvalue weighted by molar-refractivity contribution is 0.0516. The average Bonchev–Trinajstić information content (AvgIpc) is 3.01. The smallest absolute Gasteiger partial charge is 0.407 e. The van der Waals surface area contributed by atoms with Crippen LogP contribution in [0.25, 0.3) is 5.69 Å². The summed E-state index contributed by atoms with van der Waals surface area (Å²) in [7, 11) is 0. The fourth-order valence-electron chi connectivity index (χ4n) is 3.33. The van der Waals surface area contributed by atoms with Gasteiger partial charge in [0.2, 0.25) is 5.95 Å². The molecule has 152 valence electrons. The molecule has 1 N–H and O–H groups in total. The Morgan fingerprint density at radius 2 is 1.86 bits per heavy atom. The molecule has 0 atom stereocenters. The number of alkyl carbamates (subject to hydrolysis) is 1. The van der Waals surface area contributed by atoms with E-state index in [0.717, 1.165) is 43.4 Å². The van der Waals surface area contributed by atoms with Crippen molar-refractivity contribution in [2.24, 2.45) is 5.92 Å². The Morgan fingerprint density at radius 1 is 1.21 bits per heavy atom. The van der Waals surface area contributed by atoms with Gasteiger partial charge in [-0.05, 0) is 70.7 Å². The van der Waals surface area contributed by atoms with E-state index >= 15 is 0 Å². The van der Waals surface area contributed by atoms with Crippen molar-refractivity contribution < 1.29 is 9.53 Å². The molecule has 2 heterocycles. The number of aryl methyl sites for hydroxylation is 1. The van der Waals surface area contributed by atoms with E-state index in [0.29, 0.717) is 17.5 Å². The second-order valence-electron chi connectivity index (χ2n) is 8.17. The van der Waals surface area contributed by atoms with Crippen molar-refractivity contribution in [2.75, 3.05) is 24.5 Å². The van der Waals surface area contributed by atoms with Crippen LogP contribution in [0.5, 0.6) is 0 Å². The van der Waals surface area contributed by atoms with Crippen molar-refractivity contribution in [3.63, 3.8) is 0 Å². The van der Waals surface area contributed by atoms with Gasteiger partial charge < -0.3 is 15.0 Å². The number of anilines is 1. The molecule has 0 bridgehead atoms. The lowest BCUT2D eigenvalue weighted by Crippen LogP contribution is -2.41. The first-order chi connectivity index (χ1) is 13.2. The van der Waals surface area contributed by atoms with Crippen LogP contribution < -0.4 is 10.2 Å². The van der Waals surface area contributed by atoms with E-state index in [1.807, 2.05) is 52.0 Å². The van der Waals surface area contributed by atoms with Crippen LogP contribution in [-0.2, 0) is 4.74 Å². The normalized spacial score (nSPS) is 15.5. The number of hydrogen-bond acceptors (Lipinski definition) is 5. The lowest BCUT2D eigenvalue weighted by atomic mass is 9.97. The van der Waals surface area contributed by atoms with Crippen LogP contribution in [0.3, 0.4) is 0 Å². The van der Waals surface area contributed by atoms with Gasteiger partial charge in [0.05, 0.1) is 5.69 Å². The van der Waals surface area contributed by atoms with Gasteiger partial charge in [-0.25, -0.2) is 4.79 Å². The molecule has 1 aliphatic heterocycles. The van der Waals surface area contributed by atoms with Crippen molar-refractivity contribution in [1.29, 1.82) is 0 Å². The fourth-order valence-corrected chi connectivity index (χ4v) is 3.45. The van der Waals surface area contributed by atoms with E-state index in [1.165, 1.54) is 0 Å². The number of nitrogens with one attached hydrogen (secondary N) is 1. The van der Waals surface area contributed by atoms with Crippen LogP contribution in [0.1, 0.15) is 39.4 Å². The van der Waals surface area contributed by atoms with Crippen LogP contribution in [0, 0.1) is 12.8 Å². The quantitative estimate of drug-likeness (QED) is 0.833. The van der Waals surface area contributed by atoms with Gasteiger partial charge in [0.25, 0.3) is 0 Å². The van der Waals surface area contributed by atoms with Gasteiger partial charge in [-0.3, -0.25) is 4.57 Å². The number of halogens is 1. The van der Waals surface area contributed by atoms with Crippen molar-refractivity contribution in [2.45, 2.75) is 46.1 Å². The maximum Gasteiger partial charge on any atom is 0.407 e. The lowest BCUT2D eigenvalue weighted by Gasteiger charge is -2.33. The van der Waals surface area contributed by atoms with Gasteiger partial charge in [0, 0.05) is 24.7 Å². The first kappa shape index (κ1) is 20.5. The third-order valence-electron chi connectivity index (χ3n) is 4.72. The number of benzene rings is 1. The molecule has 1 aliphatic rings. The number of aromatic nitrogens is 3. The number of amides is 1. The molecule has 1 aromatic heterocycles. The minimum atomic E-state index is -0.475. The number of nitrogens with zero attached hydrogens (tertiary/aromatic N) is 4. The molecule has 1 saturated heterocycles. The summed E-state index contributed by atoms with van der Waals surface area (Å²) in [4.78, 5) is 14.1. The van der Waals surface area contributed by atoms with Crippen molar-refractivity contribution in [3.05, 3.63) is 35.1 Å². The van der Waals surface area contributed by atoms with E-state index in [9.17, 15) is 4.79 Å². The Kier molecular flexibility index (Phi) is 6.13. The standard InChI is InChI=1S/C20H28ClN5O2/c1-14-23-24-18(26(14)17-7-5-16(21)6-8-17)25-11-9-15(10-12-25)13-22-19(27)28-20(2,3)4/h5-8,15H,9-13H2,1-4H3,(H,22,27). The van der Waals surface area contributed by atoms with Crippen molar-refractivity contribution in [1.82, 2.24) is 20.1 Å². The summed E-state index contributed by atoms with van der Waals surface area (Å²) in [5, 5.41) is 12.2. The summed E-state index contributed by atoms with van der Waals surface area (Å²) in [5.74, 6) is 2.11. The third-order valence-corrected chi connectivity index (χ3v) is 4.98. The van der Waals surface area contributed by atoms with E-state index in [-0.39, 0.29) is 6.09 Å². The molecule has 2 aromatic rings. The highest BCUT2D eigenvalue weighted by Gasteiger charge is 2.25. The zero-order valence-electron chi connectivity index (χ0n) is 16.9. The summed E-state index contributed by atoms with van der Waals surface area (Å²) >= 11 is 6.01. The molecule has 1 amide bonds. The SMILES string of the molecule is Cc1nnc(N2CCC(CNC(=O)OC(C)(C)C)CC2)n1-c1ccc(Cl)cc1. The number of piperidine rings is 1. The summed E-state index contributed by atoms with van der Waals surface area (Å²) in [6.45, 7) is 9.91. The molecule has 0 radical (unpaired) electrons. The van der Waals surface area contributed by atoms with E-state index in [1.54, 1.807) is 0 Å². The van der Waals surface area contributed by atoms with Gasteiger partial charge in [-0.15, -0.1) is 10.2 Å². The first-order valence-corrected chi connectivity index (χ1v) is 10.0. The summed E-state index contributed by atoms with van der Waals surface area (Å²) in [6, 6.07) is 7.68. The van der Waals surface area contributed by atoms with Crippen LogP contribution >= 0.6 is 11.6 Å². The maximum absolute atomic E-state index is 11.8. The summed E-state index contributed by atoms with van der Waals surface area (Å²) in [5.41, 5.74) is 0.521.